The van der Waals surface area contributed by atoms with E-state index in [4.69, 9.17) is 0 Å². The average Bonchev–Trinajstić information content (AvgIpc) is 2.69. The normalized spacial score (nSPS) is 15.6. The molecule has 150 valence electrons. The number of hydrogen-bond donors (Lipinski definition) is 0. The maximum atomic E-state index is 13.0. The summed E-state index contributed by atoms with van der Waals surface area (Å²) in [5.41, 5.74) is 2.77. The van der Waals surface area contributed by atoms with Gasteiger partial charge in [-0.2, -0.15) is 4.31 Å². The molecule has 0 saturated carbocycles. The summed E-state index contributed by atoms with van der Waals surface area (Å²) < 4.78 is 28.5. The van der Waals surface area contributed by atoms with Gasteiger partial charge in [0.1, 0.15) is 0 Å². The Bertz CT molecular complexity index is 967. The molecule has 7 heteroatoms. The van der Waals surface area contributed by atoms with Gasteiger partial charge in [-0.3, -0.25) is 4.79 Å². The third-order valence-corrected chi connectivity index (χ3v) is 7.93. The van der Waals surface area contributed by atoms with Crippen LogP contribution >= 0.6 is 15.9 Å². The summed E-state index contributed by atoms with van der Waals surface area (Å²) in [4.78, 5) is 14.7. The summed E-state index contributed by atoms with van der Waals surface area (Å²) >= 11 is 3.51. The second-order valence-electron chi connectivity index (χ2n) is 7.15. The highest BCUT2D eigenvalue weighted by Gasteiger charge is 2.31. The van der Waals surface area contributed by atoms with Crippen molar-refractivity contribution in [3.8, 4) is 0 Å². The van der Waals surface area contributed by atoms with E-state index in [2.05, 4.69) is 15.9 Å². The lowest BCUT2D eigenvalue weighted by Gasteiger charge is -2.34. The van der Waals surface area contributed by atoms with Gasteiger partial charge in [-0.05, 0) is 49.1 Å². The molecule has 2 aromatic carbocycles. The SMILES string of the molecule is Cc1ccc(C)c(S(=O)(=O)N2CCN(C(=O)CCc3ccccc3Br)CC2)c1. The highest BCUT2D eigenvalue weighted by Crippen LogP contribution is 2.23. The van der Waals surface area contributed by atoms with Crippen LogP contribution in [0.25, 0.3) is 0 Å². The minimum Gasteiger partial charge on any atom is -0.340 e. The summed E-state index contributed by atoms with van der Waals surface area (Å²) in [5, 5.41) is 0. The first-order valence-corrected chi connectivity index (χ1v) is 11.6. The standard InChI is InChI=1S/C21H25BrN2O3S/c1-16-7-8-17(2)20(15-16)28(26,27)24-13-11-23(12-14-24)21(25)10-9-18-5-3-4-6-19(18)22/h3-8,15H,9-14H2,1-2H3. The van der Waals surface area contributed by atoms with Crippen LogP contribution in [0.2, 0.25) is 0 Å². The van der Waals surface area contributed by atoms with E-state index in [0.717, 1.165) is 21.2 Å². The molecule has 0 aromatic heterocycles. The largest absolute Gasteiger partial charge is 0.340 e. The van der Waals surface area contributed by atoms with Gasteiger partial charge in [0.15, 0.2) is 0 Å². The second-order valence-corrected chi connectivity index (χ2v) is 9.91. The van der Waals surface area contributed by atoms with Gasteiger partial charge in [0.2, 0.25) is 15.9 Å². The Labute approximate surface area is 175 Å². The smallest absolute Gasteiger partial charge is 0.243 e. The monoisotopic (exact) mass is 464 g/mol. The van der Waals surface area contributed by atoms with Crippen LogP contribution in [0.15, 0.2) is 51.8 Å². The zero-order valence-corrected chi connectivity index (χ0v) is 18.6. The first kappa shape index (κ1) is 21.0. The first-order valence-electron chi connectivity index (χ1n) is 9.37. The zero-order valence-electron chi connectivity index (χ0n) is 16.2. The van der Waals surface area contributed by atoms with Gasteiger partial charge in [-0.15, -0.1) is 0 Å². The predicted octanol–water partition coefficient (Wildman–Crippen LogP) is 3.53. The lowest BCUT2D eigenvalue weighted by atomic mass is 10.1. The summed E-state index contributed by atoms with van der Waals surface area (Å²) in [6, 6.07) is 13.4. The van der Waals surface area contributed by atoms with Gasteiger partial charge >= 0.3 is 0 Å². The molecule has 0 aliphatic carbocycles. The van der Waals surface area contributed by atoms with E-state index in [1.807, 2.05) is 50.2 Å². The van der Waals surface area contributed by atoms with Crippen LogP contribution in [0.1, 0.15) is 23.1 Å². The summed E-state index contributed by atoms with van der Waals surface area (Å²) in [5.74, 6) is 0.0690. The Morgan fingerprint density at radius 2 is 1.71 bits per heavy atom. The van der Waals surface area contributed by atoms with Crippen molar-refractivity contribution in [2.45, 2.75) is 31.6 Å². The number of piperazine rings is 1. The van der Waals surface area contributed by atoms with Gasteiger partial charge < -0.3 is 4.90 Å². The number of sulfonamides is 1. The lowest BCUT2D eigenvalue weighted by molar-refractivity contribution is -0.132. The van der Waals surface area contributed by atoms with E-state index >= 15 is 0 Å². The number of aryl methyl sites for hydroxylation is 3. The molecule has 3 rings (SSSR count). The fraction of sp³-hybridized carbons (Fsp3) is 0.381. The van der Waals surface area contributed by atoms with Crippen LogP contribution in [-0.4, -0.2) is 49.7 Å². The van der Waals surface area contributed by atoms with E-state index in [1.165, 1.54) is 4.31 Å². The first-order chi connectivity index (χ1) is 13.3. The molecule has 1 aliphatic heterocycles. The maximum Gasteiger partial charge on any atom is 0.243 e. The van der Waals surface area contributed by atoms with Crippen LogP contribution in [0.4, 0.5) is 0 Å². The Morgan fingerprint density at radius 1 is 1.04 bits per heavy atom. The van der Waals surface area contributed by atoms with E-state index in [9.17, 15) is 13.2 Å². The predicted molar refractivity (Wildman–Crippen MR) is 114 cm³/mol. The van der Waals surface area contributed by atoms with Crippen molar-refractivity contribution in [1.82, 2.24) is 9.21 Å². The minimum atomic E-state index is -3.54. The van der Waals surface area contributed by atoms with Gasteiger partial charge in [0.05, 0.1) is 4.90 Å². The van der Waals surface area contributed by atoms with Crippen LogP contribution in [-0.2, 0) is 21.2 Å². The molecule has 0 spiro atoms. The molecular weight excluding hydrogens is 440 g/mol. The molecule has 1 heterocycles. The van der Waals surface area contributed by atoms with Crippen molar-refractivity contribution >= 4 is 31.9 Å². The molecule has 0 bridgehead atoms. The van der Waals surface area contributed by atoms with Gasteiger partial charge in [0, 0.05) is 37.1 Å². The van der Waals surface area contributed by atoms with Crippen molar-refractivity contribution in [2.75, 3.05) is 26.2 Å². The van der Waals surface area contributed by atoms with Gasteiger partial charge in [-0.25, -0.2) is 8.42 Å². The quantitative estimate of drug-likeness (QED) is 0.679. The van der Waals surface area contributed by atoms with E-state index in [1.54, 1.807) is 11.0 Å². The summed E-state index contributed by atoms with van der Waals surface area (Å²) in [6.07, 6.45) is 1.09. The average molecular weight is 465 g/mol. The Morgan fingerprint density at radius 3 is 2.39 bits per heavy atom. The third-order valence-electron chi connectivity index (χ3n) is 5.12. The number of rotatable bonds is 5. The molecule has 1 amide bonds. The van der Waals surface area contributed by atoms with Crippen LogP contribution in [0.5, 0.6) is 0 Å². The molecule has 28 heavy (non-hydrogen) atoms. The molecule has 0 radical (unpaired) electrons. The van der Waals surface area contributed by atoms with Gasteiger partial charge in [0.25, 0.3) is 0 Å². The molecule has 1 aliphatic rings. The van der Waals surface area contributed by atoms with Crippen molar-refractivity contribution < 1.29 is 13.2 Å². The summed E-state index contributed by atoms with van der Waals surface area (Å²) in [7, 11) is -3.54. The van der Waals surface area contributed by atoms with Gasteiger partial charge in [-0.1, -0.05) is 46.3 Å². The molecule has 1 saturated heterocycles. The fourth-order valence-corrected chi connectivity index (χ4v) is 5.62. The van der Waals surface area contributed by atoms with Crippen LogP contribution < -0.4 is 0 Å². The number of benzene rings is 2. The summed E-state index contributed by atoms with van der Waals surface area (Å²) in [6.45, 7) is 5.22. The minimum absolute atomic E-state index is 0.0690. The molecule has 0 N–H and O–H groups in total. The highest BCUT2D eigenvalue weighted by atomic mass is 79.9. The number of carbonyl (C=O) groups excluding carboxylic acids is 1. The highest BCUT2D eigenvalue weighted by molar-refractivity contribution is 9.10. The van der Waals surface area contributed by atoms with Crippen molar-refractivity contribution in [3.05, 3.63) is 63.6 Å². The Balaban J connectivity index is 1.60. The molecular formula is C21H25BrN2O3S. The topological polar surface area (TPSA) is 57.7 Å². The van der Waals surface area contributed by atoms with Crippen molar-refractivity contribution in [1.29, 1.82) is 0 Å². The molecule has 1 fully saturated rings. The number of nitrogens with zero attached hydrogens (tertiary/aromatic N) is 2. The molecule has 0 atom stereocenters. The molecule has 2 aromatic rings. The van der Waals surface area contributed by atoms with E-state index < -0.39 is 10.0 Å². The number of halogens is 1. The third kappa shape index (κ3) is 4.64. The van der Waals surface area contributed by atoms with Crippen LogP contribution in [0.3, 0.4) is 0 Å². The molecule has 0 unspecified atom stereocenters. The maximum absolute atomic E-state index is 13.0. The van der Waals surface area contributed by atoms with Crippen molar-refractivity contribution in [3.63, 3.8) is 0 Å². The number of carbonyl (C=O) groups is 1. The van der Waals surface area contributed by atoms with E-state index in [-0.39, 0.29) is 5.91 Å². The Kier molecular flexibility index (Phi) is 6.58. The fourth-order valence-electron chi connectivity index (χ4n) is 3.40. The Hall–Kier alpha value is -1.70. The lowest BCUT2D eigenvalue weighted by Crippen LogP contribution is -2.50. The second kappa shape index (κ2) is 8.76. The van der Waals surface area contributed by atoms with E-state index in [0.29, 0.717) is 43.9 Å². The number of hydrogen-bond acceptors (Lipinski definition) is 3. The zero-order chi connectivity index (χ0) is 20.3. The number of amides is 1. The van der Waals surface area contributed by atoms with Crippen molar-refractivity contribution in [2.24, 2.45) is 0 Å². The molecule has 5 nitrogen and oxygen atoms in total. The van der Waals surface area contributed by atoms with Crippen LogP contribution in [0, 0.1) is 13.8 Å².